The van der Waals surface area contributed by atoms with E-state index < -0.39 is 12.4 Å². The number of aryl methyl sites for hydroxylation is 1. The molecule has 2 amide bonds. The lowest BCUT2D eigenvalue weighted by molar-refractivity contribution is -0.135. The Labute approximate surface area is 116 Å². The summed E-state index contributed by atoms with van der Waals surface area (Å²) in [5, 5.41) is 8.79. The van der Waals surface area contributed by atoms with Crippen LogP contribution in [0.2, 0.25) is 0 Å². The molecule has 0 spiro atoms. The van der Waals surface area contributed by atoms with Gasteiger partial charge in [0.25, 0.3) is 5.91 Å². The summed E-state index contributed by atoms with van der Waals surface area (Å²) in [4.78, 5) is 26.6. The Morgan fingerprint density at radius 3 is 2.40 bits per heavy atom. The van der Waals surface area contributed by atoms with Gasteiger partial charge in [-0.15, -0.1) is 0 Å². The summed E-state index contributed by atoms with van der Waals surface area (Å²) < 4.78 is 13.7. The molecule has 0 aliphatic carbocycles. The second-order valence-electron chi connectivity index (χ2n) is 4.81. The number of carbonyl (C=O) groups excluding carboxylic acids is 2. The normalized spacial score (nSPS) is 15.3. The van der Waals surface area contributed by atoms with Crippen LogP contribution >= 0.6 is 0 Å². The van der Waals surface area contributed by atoms with E-state index in [2.05, 4.69) is 0 Å². The van der Waals surface area contributed by atoms with Crippen LogP contribution in [0.25, 0.3) is 0 Å². The number of hydrogen-bond acceptors (Lipinski definition) is 3. The maximum Gasteiger partial charge on any atom is 0.256 e. The number of amides is 2. The summed E-state index contributed by atoms with van der Waals surface area (Å²) in [6.45, 7) is 2.68. The molecular weight excluding hydrogens is 263 g/mol. The third-order valence-corrected chi connectivity index (χ3v) is 3.41. The largest absolute Gasteiger partial charge is 0.387 e. The van der Waals surface area contributed by atoms with Crippen LogP contribution in [0.3, 0.4) is 0 Å². The summed E-state index contributed by atoms with van der Waals surface area (Å²) in [5.74, 6) is -1.24. The van der Waals surface area contributed by atoms with Gasteiger partial charge in [0.05, 0.1) is 5.56 Å². The smallest absolute Gasteiger partial charge is 0.256 e. The molecule has 1 aliphatic rings. The molecule has 1 heterocycles. The highest BCUT2D eigenvalue weighted by molar-refractivity contribution is 5.94. The van der Waals surface area contributed by atoms with Crippen LogP contribution in [0.4, 0.5) is 4.39 Å². The molecule has 6 heteroatoms. The maximum absolute atomic E-state index is 13.7. The van der Waals surface area contributed by atoms with Gasteiger partial charge in [0, 0.05) is 26.2 Å². The number of hydrogen-bond donors (Lipinski definition) is 1. The first-order chi connectivity index (χ1) is 9.52. The van der Waals surface area contributed by atoms with Crippen LogP contribution in [0.5, 0.6) is 0 Å². The minimum Gasteiger partial charge on any atom is -0.387 e. The number of piperazine rings is 1. The summed E-state index contributed by atoms with van der Waals surface area (Å²) in [5.41, 5.74) is 0.885. The Morgan fingerprint density at radius 2 is 1.80 bits per heavy atom. The predicted octanol–water partition coefficient (Wildman–Crippen LogP) is 0.411. The van der Waals surface area contributed by atoms with Gasteiger partial charge in [0.2, 0.25) is 5.91 Å². The zero-order valence-electron chi connectivity index (χ0n) is 11.3. The third kappa shape index (κ3) is 2.96. The minimum absolute atomic E-state index is 0.0620. The van der Waals surface area contributed by atoms with E-state index in [-0.39, 0.29) is 17.4 Å². The summed E-state index contributed by atoms with van der Waals surface area (Å²) in [6.07, 6.45) is 0. The van der Waals surface area contributed by atoms with Gasteiger partial charge in [-0.05, 0) is 19.1 Å². The fourth-order valence-corrected chi connectivity index (χ4v) is 2.23. The molecule has 108 valence electrons. The van der Waals surface area contributed by atoms with Gasteiger partial charge in [0.1, 0.15) is 12.4 Å². The molecule has 5 nitrogen and oxygen atoms in total. The number of aliphatic hydroxyl groups is 1. The van der Waals surface area contributed by atoms with Crippen molar-refractivity contribution in [2.45, 2.75) is 6.92 Å². The summed E-state index contributed by atoms with van der Waals surface area (Å²) in [6, 6.07) is 4.43. The van der Waals surface area contributed by atoms with Gasteiger partial charge in [0.15, 0.2) is 0 Å². The number of carbonyl (C=O) groups is 2. The first kappa shape index (κ1) is 14.5. The average Bonchev–Trinajstić information content (AvgIpc) is 2.48. The first-order valence-corrected chi connectivity index (χ1v) is 6.47. The van der Waals surface area contributed by atoms with Gasteiger partial charge < -0.3 is 14.9 Å². The predicted molar refractivity (Wildman–Crippen MR) is 70.7 cm³/mol. The lowest BCUT2D eigenvalue weighted by Gasteiger charge is -2.34. The number of benzene rings is 1. The molecule has 0 aromatic heterocycles. The zero-order valence-corrected chi connectivity index (χ0v) is 11.3. The number of halogens is 1. The maximum atomic E-state index is 13.7. The van der Waals surface area contributed by atoms with Gasteiger partial charge in [-0.1, -0.05) is 11.6 Å². The van der Waals surface area contributed by atoms with Crippen LogP contribution in [0.15, 0.2) is 18.2 Å². The van der Waals surface area contributed by atoms with Crippen LogP contribution in [0, 0.1) is 12.7 Å². The van der Waals surface area contributed by atoms with Crippen LogP contribution < -0.4 is 0 Å². The highest BCUT2D eigenvalue weighted by Gasteiger charge is 2.25. The van der Waals surface area contributed by atoms with Crippen LogP contribution in [-0.4, -0.2) is 59.5 Å². The van der Waals surface area contributed by atoms with Crippen molar-refractivity contribution in [3.05, 3.63) is 35.1 Å². The molecule has 1 aliphatic heterocycles. The van der Waals surface area contributed by atoms with Crippen molar-refractivity contribution in [3.63, 3.8) is 0 Å². The Hall–Kier alpha value is -1.95. The topological polar surface area (TPSA) is 60.9 Å². The molecule has 1 aromatic carbocycles. The number of nitrogens with zero attached hydrogens (tertiary/aromatic N) is 2. The Balaban J connectivity index is 2.05. The Bertz CT molecular complexity index is 525. The fourth-order valence-electron chi connectivity index (χ4n) is 2.23. The zero-order chi connectivity index (χ0) is 14.7. The Morgan fingerprint density at radius 1 is 1.20 bits per heavy atom. The highest BCUT2D eigenvalue weighted by atomic mass is 19.1. The van der Waals surface area contributed by atoms with Gasteiger partial charge in [-0.25, -0.2) is 4.39 Å². The second-order valence-corrected chi connectivity index (χ2v) is 4.81. The molecule has 0 atom stereocenters. The molecule has 1 fully saturated rings. The van der Waals surface area contributed by atoms with E-state index in [4.69, 9.17) is 5.11 Å². The molecule has 0 unspecified atom stereocenters. The van der Waals surface area contributed by atoms with Crippen molar-refractivity contribution in [2.75, 3.05) is 32.8 Å². The van der Waals surface area contributed by atoms with E-state index in [1.807, 2.05) is 0 Å². The highest BCUT2D eigenvalue weighted by Crippen LogP contribution is 2.14. The molecule has 1 saturated heterocycles. The SMILES string of the molecule is Cc1ccc(F)c(C(=O)N2CCN(C(=O)CO)CC2)c1. The lowest BCUT2D eigenvalue weighted by atomic mass is 10.1. The van der Waals surface area contributed by atoms with Gasteiger partial charge in [-0.2, -0.15) is 0 Å². The molecule has 1 aromatic rings. The van der Waals surface area contributed by atoms with Gasteiger partial charge >= 0.3 is 0 Å². The van der Waals surface area contributed by atoms with E-state index >= 15 is 0 Å². The van der Waals surface area contributed by atoms with Crippen molar-refractivity contribution in [3.8, 4) is 0 Å². The van der Waals surface area contributed by atoms with Crippen LogP contribution in [0.1, 0.15) is 15.9 Å². The number of aliphatic hydroxyl groups excluding tert-OH is 1. The standard InChI is InChI=1S/C14H17FN2O3/c1-10-2-3-12(15)11(8-10)14(20)17-6-4-16(5-7-17)13(19)9-18/h2-3,8,18H,4-7,9H2,1H3. The molecule has 0 bridgehead atoms. The van der Waals surface area contributed by atoms with E-state index in [1.165, 1.54) is 21.9 Å². The van der Waals surface area contributed by atoms with Crippen molar-refractivity contribution in [2.24, 2.45) is 0 Å². The van der Waals surface area contributed by atoms with E-state index in [0.29, 0.717) is 26.2 Å². The van der Waals surface area contributed by atoms with E-state index in [1.54, 1.807) is 13.0 Å². The lowest BCUT2D eigenvalue weighted by Crippen LogP contribution is -2.51. The minimum atomic E-state index is -0.533. The second kappa shape index (κ2) is 6.00. The van der Waals surface area contributed by atoms with Crippen LogP contribution in [-0.2, 0) is 4.79 Å². The monoisotopic (exact) mass is 280 g/mol. The number of rotatable bonds is 2. The van der Waals surface area contributed by atoms with E-state index in [9.17, 15) is 14.0 Å². The molecule has 1 N–H and O–H groups in total. The first-order valence-electron chi connectivity index (χ1n) is 6.47. The summed E-state index contributed by atoms with van der Waals surface area (Å²) >= 11 is 0. The Kier molecular flexibility index (Phi) is 4.34. The molecule has 2 rings (SSSR count). The van der Waals surface area contributed by atoms with Crippen molar-refractivity contribution in [1.82, 2.24) is 9.80 Å². The van der Waals surface area contributed by atoms with Crippen molar-refractivity contribution < 1.29 is 19.1 Å². The molecule has 0 radical (unpaired) electrons. The molecule has 20 heavy (non-hydrogen) atoms. The average molecular weight is 280 g/mol. The quantitative estimate of drug-likeness (QED) is 0.853. The third-order valence-electron chi connectivity index (χ3n) is 3.41. The summed E-state index contributed by atoms with van der Waals surface area (Å²) in [7, 11) is 0. The molecular formula is C14H17FN2O3. The molecule has 0 saturated carbocycles. The van der Waals surface area contributed by atoms with Crippen molar-refractivity contribution >= 4 is 11.8 Å². The van der Waals surface area contributed by atoms with Gasteiger partial charge in [-0.3, -0.25) is 9.59 Å². The van der Waals surface area contributed by atoms with E-state index in [0.717, 1.165) is 5.56 Å². The van der Waals surface area contributed by atoms with Crippen molar-refractivity contribution in [1.29, 1.82) is 0 Å². The fraction of sp³-hybridized carbons (Fsp3) is 0.429.